The van der Waals surface area contributed by atoms with E-state index in [0.29, 0.717) is 0 Å². The average Bonchev–Trinajstić information content (AvgIpc) is 2.26. The van der Waals surface area contributed by atoms with Crippen molar-refractivity contribution in [1.29, 1.82) is 0 Å². The number of hydrogen-bond donors (Lipinski definition) is 3. The summed E-state index contributed by atoms with van der Waals surface area (Å²) in [6.45, 7) is 0. The highest BCUT2D eigenvalue weighted by molar-refractivity contribution is 6.02. The first-order valence-corrected chi connectivity index (χ1v) is 4.79. The second-order valence-corrected chi connectivity index (χ2v) is 3.41. The van der Waals surface area contributed by atoms with Crippen LogP contribution in [0.1, 0.15) is 33.6 Å². The lowest BCUT2D eigenvalue weighted by atomic mass is 10.0. The summed E-state index contributed by atoms with van der Waals surface area (Å²) in [6.07, 6.45) is -0.454. The molecule has 0 spiro atoms. The summed E-state index contributed by atoms with van der Waals surface area (Å²) in [6, 6.07) is 3.64. The maximum Gasteiger partial charge on any atom is 0.303 e. The molecule has 0 unspecified atom stereocenters. The van der Waals surface area contributed by atoms with Crippen molar-refractivity contribution in [2.24, 2.45) is 5.73 Å². The van der Waals surface area contributed by atoms with Crippen LogP contribution in [0.15, 0.2) is 18.2 Å². The molecule has 1 aromatic carbocycles. The van der Waals surface area contributed by atoms with E-state index in [1.807, 2.05) is 0 Å². The Hall–Kier alpha value is -2.37. The summed E-state index contributed by atoms with van der Waals surface area (Å²) < 4.78 is 0. The molecule has 0 saturated heterocycles. The van der Waals surface area contributed by atoms with Crippen LogP contribution < -0.4 is 5.73 Å². The summed E-state index contributed by atoms with van der Waals surface area (Å²) >= 11 is 0. The third kappa shape index (κ3) is 3.30. The first-order valence-electron chi connectivity index (χ1n) is 4.79. The minimum atomic E-state index is -1.08. The van der Waals surface area contributed by atoms with Crippen LogP contribution in [0.3, 0.4) is 0 Å². The average molecular weight is 237 g/mol. The molecule has 0 atom stereocenters. The van der Waals surface area contributed by atoms with Gasteiger partial charge in [-0.2, -0.15) is 0 Å². The number of carbonyl (C=O) groups excluding carboxylic acids is 2. The predicted molar refractivity (Wildman–Crippen MR) is 57.8 cm³/mol. The quantitative estimate of drug-likeness (QED) is 0.646. The molecule has 0 bridgehead atoms. The number of Topliss-reactive ketones (excluding diaryl/α,β-unsaturated/α-hetero) is 1. The van der Waals surface area contributed by atoms with Gasteiger partial charge in [0.05, 0.1) is 12.0 Å². The molecule has 6 nitrogen and oxygen atoms in total. The molecule has 1 amide bonds. The van der Waals surface area contributed by atoms with E-state index in [2.05, 4.69) is 0 Å². The summed E-state index contributed by atoms with van der Waals surface area (Å²) in [5.74, 6) is -2.66. The van der Waals surface area contributed by atoms with Gasteiger partial charge in [0.25, 0.3) is 5.91 Å². The highest BCUT2D eigenvalue weighted by Crippen LogP contribution is 2.19. The van der Waals surface area contributed by atoms with E-state index in [9.17, 15) is 19.5 Å². The van der Waals surface area contributed by atoms with Gasteiger partial charge in [0, 0.05) is 12.0 Å². The van der Waals surface area contributed by atoms with Gasteiger partial charge in [0.1, 0.15) is 5.75 Å². The van der Waals surface area contributed by atoms with Gasteiger partial charge >= 0.3 is 5.97 Å². The van der Waals surface area contributed by atoms with Crippen LogP contribution in [0, 0.1) is 0 Å². The molecular weight excluding hydrogens is 226 g/mol. The van der Waals surface area contributed by atoms with E-state index >= 15 is 0 Å². The van der Waals surface area contributed by atoms with Crippen molar-refractivity contribution in [3.05, 3.63) is 29.3 Å². The second-order valence-electron chi connectivity index (χ2n) is 3.41. The molecule has 1 rings (SSSR count). The Morgan fingerprint density at radius 3 is 2.35 bits per heavy atom. The number of ketones is 1. The zero-order valence-corrected chi connectivity index (χ0v) is 8.84. The van der Waals surface area contributed by atoms with Crippen LogP contribution >= 0.6 is 0 Å². The van der Waals surface area contributed by atoms with Crippen LogP contribution in [-0.2, 0) is 4.79 Å². The lowest BCUT2D eigenvalue weighted by Crippen LogP contribution is -2.12. The van der Waals surface area contributed by atoms with Crippen molar-refractivity contribution in [2.45, 2.75) is 12.8 Å². The number of phenols is 1. The number of carboxylic acid groups (broad SMARTS) is 1. The van der Waals surface area contributed by atoms with Gasteiger partial charge in [-0.1, -0.05) is 0 Å². The summed E-state index contributed by atoms with van der Waals surface area (Å²) in [7, 11) is 0. The van der Waals surface area contributed by atoms with Crippen LogP contribution in [0.4, 0.5) is 0 Å². The minimum absolute atomic E-state index is 0.151. The summed E-state index contributed by atoms with van der Waals surface area (Å²) in [5.41, 5.74) is 4.99. The van der Waals surface area contributed by atoms with Gasteiger partial charge in [-0.3, -0.25) is 14.4 Å². The number of benzene rings is 1. The Bertz CT molecular complexity index is 481. The molecule has 0 heterocycles. The zero-order chi connectivity index (χ0) is 13.0. The lowest BCUT2D eigenvalue weighted by Gasteiger charge is -2.03. The topological polar surface area (TPSA) is 118 Å². The number of aromatic hydroxyl groups is 1. The normalized spacial score (nSPS) is 9.88. The van der Waals surface area contributed by atoms with Crippen LogP contribution in [0.2, 0.25) is 0 Å². The Labute approximate surface area is 96.7 Å². The van der Waals surface area contributed by atoms with E-state index in [-0.39, 0.29) is 29.7 Å². The van der Waals surface area contributed by atoms with Gasteiger partial charge in [-0.05, 0) is 18.2 Å². The number of nitrogens with two attached hydrogens (primary N) is 1. The third-order valence-corrected chi connectivity index (χ3v) is 2.15. The molecule has 0 aliphatic rings. The van der Waals surface area contributed by atoms with Crippen LogP contribution in [0.25, 0.3) is 0 Å². The Morgan fingerprint density at radius 1 is 1.18 bits per heavy atom. The molecular formula is C11H11NO5. The number of hydrogen-bond acceptors (Lipinski definition) is 4. The number of carboxylic acids is 1. The van der Waals surface area contributed by atoms with Gasteiger partial charge in [0.15, 0.2) is 5.78 Å². The van der Waals surface area contributed by atoms with Gasteiger partial charge in [0.2, 0.25) is 0 Å². The number of aliphatic carboxylic acids is 1. The molecule has 17 heavy (non-hydrogen) atoms. The third-order valence-electron chi connectivity index (χ3n) is 2.15. The Kier molecular flexibility index (Phi) is 3.82. The SMILES string of the molecule is NC(=O)c1cc(C(=O)CCC(=O)O)ccc1O. The fourth-order valence-corrected chi connectivity index (χ4v) is 1.27. The number of amides is 1. The molecule has 6 heteroatoms. The fourth-order valence-electron chi connectivity index (χ4n) is 1.27. The van der Waals surface area contributed by atoms with E-state index < -0.39 is 17.7 Å². The first kappa shape index (κ1) is 12.7. The molecule has 0 aromatic heterocycles. The smallest absolute Gasteiger partial charge is 0.303 e. The van der Waals surface area contributed by atoms with Crippen LogP contribution in [-0.4, -0.2) is 27.9 Å². The zero-order valence-electron chi connectivity index (χ0n) is 8.84. The highest BCUT2D eigenvalue weighted by atomic mass is 16.4. The highest BCUT2D eigenvalue weighted by Gasteiger charge is 2.13. The molecule has 4 N–H and O–H groups in total. The summed E-state index contributed by atoms with van der Waals surface area (Å²) in [4.78, 5) is 32.8. The predicted octanol–water partition coefficient (Wildman–Crippen LogP) is 0.539. The molecule has 1 aromatic rings. The largest absolute Gasteiger partial charge is 0.507 e. The van der Waals surface area contributed by atoms with E-state index in [1.165, 1.54) is 12.1 Å². The van der Waals surface area contributed by atoms with Gasteiger partial charge in [-0.25, -0.2) is 0 Å². The molecule has 0 fully saturated rings. The molecule has 0 aliphatic carbocycles. The van der Waals surface area contributed by atoms with Crippen molar-refractivity contribution in [1.82, 2.24) is 0 Å². The maximum atomic E-state index is 11.5. The Balaban J connectivity index is 2.92. The number of primary amides is 1. The van der Waals surface area contributed by atoms with Crippen molar-refractivity contribution in [3.63, 3.8) is 0 Å². The van der Waals surface area contributed by atoms with E-state index in [4.69, 9.17) is 10.8 Å². The molecule has 0 aliphatic heterocycles. The van der Waals surface area contributed by atoms with Gasteiger partial charge in [-0.15, -0.1) is 0 Å². The first-order chi connectivity index (χ1) is 7.91. The monoisotopic (exact) mass is 237 g/mol. The Morgan fingerprint density at radius 2 is 1.82 bits per heavy atom. The molecule has 0 radical (unpaired) electrons. The fraction of sp³-hybridized carbons (Fsp3) is 0.182. The van der Waals surface area contributed by atoms with Gasteiger partial charge < -0.3 is 15.9 Å². The molecule has 90 valence electrons. The number of carbonyl (C=O) groups is 3. The second kappa shape index (κ2) is 5.11. The molecule has 0 saturated carbocycles. The van der Waals surface area contributed by atoms with Crippen molar-refractivity contribution in [3.8, 4) is 5.75 Å². The standard InChI is InChI=1S/C11H11NO5/c12-11(17)7-5-6(1-2-9(7)14)8(13)3-4-10(15)16/h1-2,5,14H,3-4H2,(H2,12,17)(H,15,16). The van der Waals surface area contributed by atoms with E-state index in [1.54, 1.807) is 0 Å². The minimum Gasteiger partial charge on any atom is -0.507 e. The lowest BCUT2D eigenvalue weighted by molar-refractivity contribution is -0.136. The van der Waals surface area contributed by atoms with Crippen molar-refractivity contribution in [2.75, 3.05) is 0 Å². The van der Waals surface area contributed by atoms with Crippen LogP contribution in [0.5, 0.6) is 5.75 Å². The van der Waals surface area contributed by atoms with E-state index in [0.717, 1.165) is 6.07 Å². The number of rotatable bonds is 5. The van der Waals surface area contributed by atoms with Crippen molar-refractivity contribution >= 4 is 17.7 Å². The van der Waals surface area contributed by atoms with Crippen molar-refractivity contribution < 1.29 is 24.6 Å². The summed E-state index contributed by atoms with van der Waals surface area (Å²) in [5, 5.41) is 17.7. The maximum absolute atomic E-state index is 11.5.